The molecule has 3 rings (SSSR count). The second-order valence-electron chi connectivity index (χ2n) is 5.57. The van der Waals surface area contributed by atoms with Crippen LogP contribution in [-0.2, 0) is 26.6 Å². The van der Waals surface area contributed by atoms with Crippen LogP contribution in [0.15, 0.2) is 12.1 Å². The van der Waals surface area contributed by atoms with Crippen molar-refractivity contribution in [2.24, 2.45) is 7.05 Å². The molecule has 0 fully saturated rings. The minimum Gasteiger partial charge on any atom is -0.348 e. The van der Waals surface area contributed by atoms with Crippen molar-refractivity contribution in [3.8, 4) is 0 Å². The van der Waals surface area contributed by atoms with E-state index in [1.165, 1.54) is 39.7 Å². The van der Waals surface area contributed by atoms with Crippen LogP contribution in [0.4, 0.5) is 0 Å². The van der Waals surface area contributed by atoms with Crippen LogP contribution >= 0.6 is 0 Å². The fourth-order valence-electron chi connectivity index (χ4n) is 3.19. The third kappa shape index (κ3) is 2.07. The fourth-order valence-corrected chi connectivity index (χ4v) is 3.19. The molecule has 3 heteroatoms. The van der Waals surface area contributed by atoms with Crippen molar-refractivity contribution in [2.75, 3.05) is 13.6 Å². The number of hydrogen-bond acceptors (Lipinski definition) is 2. The van der Waals surface area contributed by atoms with E-state index in [0.717, 1.165) is 26.1 Å². The highest BCUT2D eigenvalue weighted by Crippen LogP contribution is 2.30. The lowest BCUT2D eigenvalue weighted by Crippen LogP contribution is -2.08. The Morgan fingerprint density at radius 2 is 2.00 bits per heavy atom. The standard InChI is InChI=1S/C16H23N3/c1-11-14(5-4-6-17-2)15-7-12-9-18-10-13(12)8-16(15)19(11)3/h7-8,17-18H,4-6,9-10H2,1-3H3. The van der Waals surface area contributed by atoms with Crippen LogP contribution in [0, 0.1) is 6.92 Å². The van der Waals surface area contributed by atoms with Gasteiger partial charge in [0.25, 0.3) is 0 Å². The number of aromatic nitrogens is 1. The van der Waals surface area contributed by atoms with E-state index in [1.54, 1.807) is 0 Å². The molecule has 1 aliphatic heterocycles. The molecule has 0 bridgehead atoms. The van der Waals surface area contributed by atoms with E-state index in [-0.39, 0.29) is 0 Å². The zero-order chi connectivity index (χ0) is 13.4. The first-order valence-corrected chi connectivity index (χ1v) is 7.17. The highest BCUT2D eigenvalue weighted by atomic mass is 15.0. The molecule has 0 radical (unpaired) electrons. The lowest BCUT2D eigenvalue weighted by atomic mass is 10.0. The molecule has 0 saturated heterocycles. The Balaban J connectivity index is 2.07. The van der Waals surface area contributed by atoms with Gasteiger partial charge in [0.2, 0.25) is 0 Å². The summed E-state index contributed by atoms with van der Waals surface area (Å²) in [5.74, 6) is 0. The zero-order valence-corrected chi connectivity index (χ0v) is 12.1. The van der Waals surface area contributed by atoms with Crippen LogP contribution in [0.2, 0.25) is 0 Å². The number of nitrogens with zero attached hydrogens (tertiary/aromatic N) is 1. The fraction of sp³-hybridized carbons (Fsp3) is 0.500. The van der Waals surface area contributed by atoms with Gasteiger partial charge in [0.1, 0.15) is 0 Å². The minimum absolute atomic E-state index is 1.02. The second-order valence-corrected chi connectivity index (χ2v) is 5.57. The van der Waals surface area contributed by atoms with Crippen molar-refractivity contribution in [2.45, 2.75) is 32.9 Å². The molecule has 1 aliphatic rings. The van der Waals surface area contributed by atoms with E-state index in [2.05, 4.69) is 41.3 Å². The van der Waals surface area contributed by atoms with Crippen molar-refractivity contribution in [3.05, 3.63) is 34.5 Å². The lowest BCUT2D eigenvalue weighted by molar-refractivity contribution is 0.721. The van der Waals surface area contributed by atoms with Gasteiger partial charge in [-0.15, -0.1) is 0 Å². The van der Waals surface area contributed by atoms with E-state index in [9.17, 15) is 0 Å². The molecule has 0 saturated carbocycles. The highest BCUT2D eigenvalue weighted by molar-refractivity contribution is 5.87. The summed E-state index contributed by atoms with van der Waals surface area (Å²) in [6.07, 6.45) is 2.36. The largest absolute Gasteiger partial charge is 0.348 e. The van der Waals surface area contributed by atoms with Crippen molar-refractivity contribution in [1.29, 1.82) is 0 Å². The van der Waals surface area contributed by atoms with E-state index in [0.29, 0.717) is 0 Å². The van der Waals surface area contributed by atoms with Gasteiger partial charge in [-0.3, -0.25) is 0 Å². The summed E-state index contributed by atoms with van der Waals surface area (Å²) in [5, 5.41) is 8.13. The quantitative estimate of drug-likeness (QED) is 0.823. The molecule has 0 aliphatic carbocycles. The molecule has 1 aromatic carbocycles. The third-order valence-electron chi connectivity index (χ3n) is 4.43. The Labute approximate surface area is 115 Å². The number of aryl methyl sites for hydroxylation is 2. The normalized spacial score (nSPS) is 14.3. The van der Waals surface area contributed by atoms with Crippen LogP contribution in [0.1, 0.15) is 28.8 Å². The average molecular weight is 257 g/mol. The number of nitrogens with one attached hydrogen (secondary N) is 2. The first kappa shape index (κ1) is 12.7. The van der Waals surface area contributed by atoms with Crippen molar-refractivity contribution in [3.63, 3.8) is 0 Å². The Hall–Kier alpha value is -1.32. The summed E-state index contributed by atoms with van der Waals surface area (Å²) in [6.45, 7) is 5.38. The Morgan fingerprint density at radius 1 is 1.26 bits per heavy atom. The molecule has 0 amide bonds. The van der Waals surface area contributed by atoms with Crippen LogP contribution in [-0.4, -0.2) is 18.2 Å². The molecule has 0 unspecified atom stereocenters. The maximum absolute atomic E-state index is 3.44. The van der Waals surface area contributed by atoms with Crippen LogP contribution in [0.5, 0.6) is 0 Å². The van der Waals surface area contributed by atoms with Crippen molar-refractivity contribution < 1.29 is 0 Å². The summed E-state index contributed by atoms with van der Waals surface area (Å²) in [5.41, 5.74) is 7.28. The monoisotopic (exact) mass is 257 g/mol. The zero-order valence-electron chi connectivity index (χ0n) is 12.1. The highest BCUT2D eigenvalue weighted by Gasteiger charge is 2.17. The van der Waals surface area contributed by atoms with Gasteiger partial charge in [-0.05, 0) is 62.2 Å². The van der Waals surface area contributed by atoms with Crippen LogP contribution in [0.3, 0.4) is 0 Å². The maximum atomic E-state index is 3.44. The molecule has 102 valence electrons. The Bertz CT molecular complexity index is 610. The molecule has 2 heterocycles. The van der Waals surface area contributed by atoms with Crippen LogP contribution in [0.25, 0.3) is 10.9 Å². The van der Waals surface area contributed by atoms with E-state index in [1.807, 2.05) is 7.05 Å². The summed E-state index contributed by atoms with van der Waals surface area (Å²) in [6, 6.07) is 4.78. The Kier molecular flexibility index (Phi) is 3.33. The molecular formula is C16H23N3. The van der Waals surface area contributed by atoms with Gasteiger partial charge < -0.3 is 15.2 Å². The predicted octanol–water partition coefficient (Wildman–Crippen LogP) is 2.24. The molecule has 3 nitrogen and oxygen atoms in total. The molecule has 1 aromatic heterocycles. The first-order chi connectivity index (χ1) is 9.22. The van der Waals surface area contributed by atoms with Gasteiger partial charge >= 0.3 is 0 Å². The van der Waals surface area contributed by atoms with Crippen LogP contribution < -0.4 is 10.6 Å². The number of hydrogen-bond donors (Lipinski definition) is 2. The SMILES string of the molecule is CNCCCc1c(C)n(C)c2cc3c(cc12)CNC3. The average Bonchev–Trinajstić information content (AvgIpc) is 2.95. The third-order valence-corrected chi connectivity index (χ3v) is 4.43. The van der Waals surface area contributed by atoms with Gasteiger partial charge in [-0.25, -0.2) is 0 Å². The first-order valence-electron chi connectivity index (χ1n) is 7.17. The van der Waals surface area contributed by atoms with Gasteiger partial charge in [-0.2, -0.15) is 0 Å². The smallest absolute Gasteiger partial charge is 0.0486 e. The van der Waals surface area contributed by atoms with Gasteiger partial charge in [0.15, 0.2) is 0 Å². The maximum Gasteiger partial charge on any atom is 0.0486 e. The number of benzene rings is 1. The molecule has 0 atom stereocenters. The van der Waals surface area contributed by atoms with Gasteiger partial charge in [0.05, 0.1) is 0 Å². The van der Waals surface area contributed by atoms with Gasteiger partial charge in [-0.1, -0.05) is 0 Å². The molecule has 19 heavy (non-hydrogen) atoms. The van der Waals surface area contributed by atoms with E-state index in [4.69, 9.17) is 0 Å². The minimum atomic E-state index is 1.02. The predicted molar refractivity (Wildman–Crippen MR) is 80.4 cm³/mol. The summed E-state index contributed by atoms with van der Waals surface area (Å²) in [7, 11) is 4.21. The molecule has 2 aromatic rings. The Morgan fingerprint density at radius 3 is 2.74 bits per heavy atom. The molecule has 0 spiro atoms. The van der Waals surface area contributed by atoms with E-state index < -0.39 is 0 Å². The van der Waals surface area contributed by atoms with Gasteiger partial charge in [0, 0.05) is 36.7 Å². The lowest BCUT2D eigenvalue weighted by Gasteiger charge is -2.03. The molecule has 2 N–H and O–H groups in total. The summed E-state index contributed by atoms with van der Waals surface area (Å²) < 4.78 is 2.35. The van der Waals surface area contributed by atoms with Crippen molar-refractivity contribution >= 4 is 10.9 Å². The number of rotatable bonds is 4. The van der Waals surface area contributed by atoms with Crippen molar-refractivity contribution in [1.82, 2.24) is 15.2 Å². The second kappa shape index (κ2) is 4.99. The number of fused-ring (bicyclic) bond motifs is 2. The topological polar surface area (TPSA) is 29.0 Å². The van der Waals surface area contributed by atoms with E-state index >= 15 is 0 Å². The summed E-state index contributed by atoms with van der Waals surface area (Å²) in [4.78, 5) is 0. The molecular weight excluding hydrogens is 234 g/mol. The summed E-state index contributed by atoms with van der Waals surface area (Å²) >= 11 is 0.